The number of morpholine rings is 1. The molecule has 0 bridgehead atoms. The number of carbonyl (C=O) groups excluding carboxylic acids is 1. The largest absolute Gasteiger partial charge is 0.489 e. The zero-order chi connectivity index (χ0) is 21.0. The molecule has 1 amide bonds. The van der Waals surface area contributed by atoms with Crippen LogP contribution in [0.15, 0.2) is 91.1 Å². The first-order valence-corrected chi connectivity index (χ1v) is 10.3. The molecule has 1 aliphatic heterocycles. The van der Waals surface area contributed by atoms with Crippen LogP contribution in [0.25, 0.3) is 22.0 Å². The number of fused-ring (bicyclic) bond motifs is 1. The van der Waals surface area contributed by atoms with Crippen LogP contribution in [-0.4, -0.2) is 36.8 Å². The summed E-state index contributed by atoms with van der Waals surface area (Å²) in [4.78, 5) is 18.7. The molecule has 154 valence electrons. The van der Waals surface area contributed by atoms with Crippen LogP contribution >= 0.6 is 0 Å². The maximum absolute atomic E-state index is 12.5. The van der Waals surface area contributed by atoms with Crippen LogP contribution in [0.4, 0.5) is 5.69 Å². The minimum Gasteiger partial charge on any atom is -0.489 e. The van der Waals surface area contributed by atoms with Gasteiger partial charge in [-0.25, -0.2) is 0 Å². The molecule has 0 spiro atoms. The van der Waals surface area contributed by atoms with Crippen LogP contribution in [0.2, 0.25) is 0 Å². The molecular weight excluding hydrogens is 388 g/mol. The van der Waals surface area contributed by atoms with Crippen molar-refractivity contribution in [2.24, 2.45) is 0 Å². The zero-order valence-electron chi connectivity index (χ0n) is 17.0. The van der Waals surface area contributed by atoms with E-state index >= 15 is 0 Å². The maximum Gasteiger partial charge on any atom is 0.253 e. The Morgan fingerprint density at radius 2 is 1.68 bits per heavy atom. The lowest BCUT2D eigenvalue weighted by Crippen LogP contribution is -2.48. The second kappa shape index (κ2) is 8.58. The Balaban J connectivity index is 1.28. The molecule has 1 atom stereocenters. The highest BCUT2D eigenvalue weighted by Crippen LogP contribution is 2.26. The summed E-state index contributed by atoms with van der Waals surface area (Å²) in [7, 11) is 0. The maximum atomic E-state index is 12.5. The number of hydrogen-bond donors (Lipinski definition) is 0. The highest BCUT2D eigenvalue weighted by Gasteiger charge is 2.28. The van der Waals surface area contributed by atoms with Crippen molar-refractivity contribution in [2.45, 2.75) is 6.10 Å². The summed E-state index contributed by atoms with van der Waals surface area (Å²) >= 11 is 0. The monoisotopic (exact) mass is 410 g/mol. The number of benzene rings is 3. The smallest absolute Gasteiger partial charge is 0.253 e. The van der Waals surface area contributed by atoms with Gasteiger partial charge in [-0.3, -0.25) is 9.78 Å². The minimum atomic E-state index is -0.217. The topological polar surface area (TPSA) is 51.7 Å². The molecule has 3 aromatic carbocycles. The predicted octanol–water partition coefficient (Wildman–Crippen LogP) is 4.71. The van der Waals surface area contributed by atoms with Crippen LogP contribution in [0, 0.1) is 0 Å². The van der Waals surface area contributed by atoms with E-state index in [0.717, 1.165) is 33.5 Å². The fourth-order valence-electron chi connectivity index (χ4n) is 3.82. The van der Waals surface area contributed by atoms with Crippen LogP contribution < -0.4 is 9.64 Å². The first kappa shape index (κ1) is 19.3. The van der Waals surface area contributed by atoms with Crippen molar-refractivity contribution in [3.63, 3.8) is 0 Å². The summed E-state index contributed by atoms with van der Waals surface area (Å²) in [5, 5.41) is 1.03. The summed E-state index contributed by atoms with van der Waals surface area (Å²) in [6.45, 7) is 0.839. The summed E-state index contributed by atoms with van der Waals surface area (Å²) < 4.78 is 11.8. The Hall–Kier alpha value is -3.70. The third-order valence-corrected chi connectivity index (χ3v) is 5.44. The number of amides is 1. The van der Waals surface area contributed by atoms with E-state index in [-0.39, 0.29) is 18.6 Å². The predicted molar refractivity (Wildman–Crippen MR) is 121 cm³/mol. The second-order valence-electron chi connectivity index (χ2n) is 7.49. The van der Waals surface area contributed by atoms with Gasteiger partial charge in [-0.15, -0.1) is 0 Å². The van der Waals surface area contributed by atoms with Gasteiger partial charge in [-0.05, 0) is 35.4 Å². The van der Waals surface area contributed by atoms with Crippen molar-refractivity contribution in [3.8, 4) is 16.9 Å². The van der Waals surface area contributed by atoms with E-state index in [1.165, 1.54) is 0 Å². The second-order valence-corrected chi connectivity index (χ2v) is 7.49. The van der Waals surface area contributed by atoms with Crippen molar-refractivity contribution in [2.75, 3.05) is 24.7 Å². The van der Waals surface area contributed by atoms with Crippen molar-refractivity contribution in [1.29, 1.82) is 0 Å². The summed E-state index contributed by atoms with van der Waals surface area (Å²) in [6.07, 6.45) is 1.54. The van der Waals surface area contributed by atoms with Crippen molar-refractivity contribution in [1.82, 2.24) is 4.98 Å². The Kier molecular flexibility index (Phi) is 5.33. The molecule has 2 heterocycles. The third kappa shape index (κ3) is 4.13. The lowest BCUT2D eigenvalue weighted by molar-refractivity contribution is -0.130. The molecule has 1 aromatic heterocycles. The number of para-hydroxylation sites is 1. The standard InChI is InChI=1S/C26H22N2O3/c29-25-18-30-23(17-31-24-10-4-8-21-9-5-15-27-26(21)24)16-28(25)22-13-11-20(12-14-22)19-6-2-1-3-7-19/h1-15,23H,16-18H2. The molecule has 31 heavy (non-hydrogen) atoms. The minimum absolute atomic E-state index is 0.0439. The SMILES string of the molecule is O=C1COC(COc2cccc3cccnc23)CN1c1ccc(-c2ccccc2)cc1. The highest BCUT2D eigenvalue weighted by molar-refractivity contribution is 5.95. The van der Waals surface area contributed by atoms with E-state index < -0.39 is 0 Å². The first-order chi connectivity index (χ1) is 15.3. The molecule has 5 nitrogen and oxygen atoms in total. The number of ether oxygens (including phenoxy) is 2. The van der Waals surface area contributed by atoms with Gasteiger partial charge in [-0.1, -0.05) is 60.7 Å². The molecule has 1 unspecified atom stereocenters. The Morgan fingerprint density at radius 1 is 0.903 bits per heavy atom. The number of hydrogen-bond acceptors (Lipinski definition) is 4. The van der Waals surface area contributed by atoms with Crippen molar-refractivity contribution >= 4 is 22.5 Å². The molecule has 0 saturated carbocycles. The number of aromatic nitrogens is 1. The van der Waals surface area contributed by atoms with E-state index in [1.807, 2.05) is 72.8 Å². The molecule has 1 fully saturated rings. The molecule has 5 rings (SSSR count). The van der Waals surface area contributed by atoms with Gasteiger partial charge < -0.3 is 14.4 Å². The van der Waals surface area contributed by atoms with Crippen LogP contribution in [0.5, 0.6) is 5.75 Å². The normalized spacial score (nSPS) is 16.5. The van der Waals surface area contributed by atoms with Gasteiger partial charge >= 0.3 is 0 Å². The summed E-state index contributed by atoms with van der Waals surface area (Å²) in [5.74, 6) is 0.674. The molecule has 1 aliphatic rings. The average molecular weight is 410 g/mol. The number of anilines is 1. The van der Waals surface area contributed by atoms with Crippen LogP contribution in [0.1, 0.15) is 0 Å². The Bertz CT molecular complexity index is 1190. The molecular formula is C26H22N2O3. The lowest BCUT2D eigenvalue weighted by Gasteiger charge is -2.32. The molecule has 1 saturated heterocycles. The van der Waals surface area contributed by atoms with Gasteiger partial charge in [0.2, 0.25) is 0 Å². The van der Waals surface area contributed by atoms with Crippen molar-refractivity contribution < 1.29 is 14.3 Å². The third-order valence-electron chi connectivity index (χ3n) is 5.44. The van der Waals surface area contributed by atoms with Gasteiger partial charge in [0.1, 0.15) is 30.6 Å². The fourth-order valence-corrected chi connectivity index (χ4v) is 3.82. The van der Waals surface area contributed by atoms with Gasteiger partial charge in [0, 0.05) is 17.3 Å². The van der Waals surface area contributed by atoms with E-state index in [9.17, 15) is 4.79 Å². The van der Waals surface area contributed by atoms with E-state index in [4.69, 9.17) is 9.47 Å². The zero-order valence-corrected chi connectivity index (χ0v) is 17.0. The van der Waals surface area contributed by atoms with Gasteiger partial charge in [0.05, 0.1) is 6.54 Å². The average Bonchev–Trinajstić information content (AvgIpc) is 2.84. The highest BCUT2D eigenvalue weighted by atomic mass is 16.5. The Labute approximate surface area is 180 Å². The lowest BCUT2D eigenvalue weighted by atomic mass is 10.1. The van der Waals surface area contributed by atoms with Crippen molar-refractivity contribution in [3.05, 3.63) is 91.1 Å². The molecule has 4 aromatic rings. The van der Waals surface area contributed by atoms with Gasteiger partial charge in [0.25, 0.3) is 5.91 Å². The fraction of sp³-hybridized carbons (Fsp3) is 0.154. The summed E-state index contributed by atoms with van der Waals surface area (Å²) in [6, 6.07) is 28.0. The number of pyridine rings is 1. The first-order valence-electron chi connectivity index (χ1n) is 10.3. The van der Waals surface area contributed by atoms with E-state index in [2.05, 4.69) is 17.1 Å². The molecule has 0 N–H and O–H groups in total. The van der Waals surface area contributed by atoms with Crippen LogP contribution in [0.3, 0.4) is 0 Å². The number of nitrogens with zero attached hydrogens (tertiary/aromatic N) is 2. The number of rotatable bonds is 5. The van der Waals surface area contributed by atoms with E-state index in [0.29, 0.717) is 13.2 Å². The molecule has 0 radical (unpaired) electrons. The quantitative estimate of drug-likeness (QED) is 0.478. The van der Waals surface area contributed by atoms with Gasteiger partial charge in [-0.2, -0.15) is 0 Å². The number of carbonyl (C=O) groups is 1. The summed E-state index contributed by atoms with van der Waals surface area (Å²) in [5.41, 5.74) is 3.96. The van der Waals surface area contributed by atoms with Crippen LogP contribution in [-0.2, 0) is 9.53 Å². The molecule has 5 heteroatoms. The Morgan fingerprint density at radius 3 is 2.52 bits per heavy atom. The van der Waals surface area contributed by atoms with E-state index in [1.54, 1.807) is 11.1 Å². The molecule has 0 aliphatic carbocycles. The van der Waals surface area contributed by atoms with Gasteiger partial charge in [0.15, 0.2) is 0 Å².